The fraction of sp³-hybridized carbons (Fsp3) is 0.600. The van der Waals surface area contributed by atoms with Gasteiger partial charge in [0.05, 0.1) is 6.61 Å². The molecule has 0 saturated carbocycles. The first-order chi connectivity index (χ1) is 9.70. The van der Waals surface area contributed by atoms with Gasteiger partial charge in [0, 0.05) is 18.2 Å². The summed E-state index contributed by atoms with van der Waals surface area (Å²) in [5.74, 6) is 1.26. The lowest BCUT2D eigenvalue weighted by atomic mass is 10.1. The van der Waals surface area contributed by atoms with Gasteiger partial charge in [-0.2, -0.15) is 0 Å². The predicted octanol–water partition coefficient (Wildman–Crippen LogP) is 1.67. The van der Waals surface area contributed by atoms with Gasteiger partial charge < -0.3 is 24.4 Å². The van der Waals surface area contributed by atoms with Gasteiger partial charge in [-0.25, -0.2) is 0 Å². The Kier molecular flexibility index (Phi) is 5.64. The van der Waals surface area contributed by atoms with Crippen LogP contribution in [-0.4, -0.2) is 42.7 Å². The number of aliphatic hydroxyl groups is 2. The highest BCUT2D eigenvalue weighted by Gasteiger charge is 2.22. The zero-order chi connectivity index (χ0) is 14.4. The predicted molar refractivity (Wildman–Crippen MR) is 74.1 cm³/mol. The van der Waals surface area contributed by atoms with Crippen LogP contribution in [0, 0.1) is 0 Å². The molecule has 1 heterocycles. The minimum atomic E-state index is -0.647. The second-order valence-electron chi connectivity index (χ2n) is 4.92. The Hall–Kier alpha value is -1.30. The van der Waals surface area contributed by atoms with Gasteiger partial charge in [0.1, 0.15) is 36.9 Å². The van der Waals surface area contributed by atoms with E-state index in [1.54, 1.807) is 18.2 Å². The van der Waals surface area contributed by atoms with Gasteiger partial charge in [-0.15, -0.1) is 0 Å². The Morgan fingerprint density at radius 3 is 3.05 bits per heavy atom. The van der Waals surface area contributed by atoms with Crippen molar-refractivity contribution in [3.8, 4) is 11.5 Å². The molecule has 0 amide bonds. The van der Waals surface area contributed by atoms with Gasteiger partial charge in [0.2, 0.25) is 0 Å². The SMILES string of the molecule is CCCCOCC(O)COc1ccc2c(c1)OCC2O. The van der Waals surface area contributed by atoms with Crippen LogP contribution in [0.3, 0.4) is 0 Å². The number of hydrogen-bond acceptors (Lipinski definition) is 5. The van der Waals surface area contributed by atoms with Crippen LogP contribution < -0.4 is 9.47 Å². The first-order valence-corrected chi connectivity index (χ1v) is 7.04. The zero-order valence-corrected chi connectivity index (χ0v) is 11.7. The summed E-state index contributed by atoms with van der Waals surface area (Å²) in [6, 6.07) is 5.28. The van der Waals surface area contributed by atoms with E-state index in [9.17, 15) is 10.2 Å². The maximum atomic E-state index is 9.72. The van der Waals surface area contributed by atoms with E-state index in [2.05, 4.69) is 6.92 Å². The fourth-order valence-corrected chi connectivity index (χ4v) is 1.97. The van der Waals surface area contributed by atoms with E-state index in [4.69, 9.17) is 14.2 Å². The van der Waals surface area contributed by atoms with Gasteiger partial charge in [-0.1, -0.05) is 13.3 Å². The quantitative estimate of drug-likeness (QED) is 0.710. The Morgan fingerprint density at radius 1 is 1.40 bits per heavy atom. The summed E-state index contributed by atoms with van der Waals surface area (Å²) in [6.07, 6.45) is 0.870. The van der Waals surface area contributed by atoms with Crippen LogP contribution in [0.4, 0.5) is 0 Å². The molecule has 1 aliphatic rings. The smallest absolute Gasteiger partial charge is 0.129 e. The lowest BCUT2D eigenvalue weighted by molar-refractivity contribution is 0.0113. The van der Waals surface area contributed by atoms with Gasteiger partial charge >= 0.3 is 0 Å². The van der Waals surface area contributed by atoms with Crippen LogP contribution in [0.15, 0.2) is 18.2 Å². The van der Waals surface area contributed by atoms with Crippen molar-refractivity contribution < 1.29 is 24.4 Å². The first-order valence-electron chi connectivity index (χ1n) is 7.04. The molecule has 2 rings (SSSR count). The number of rotatable bonds is 8. The number of unbranched alkanes of at least 4 members (excludes halogenated alkanes) is 1. The van der Waals surface area contributed by atoms with Gasteiger partial charge in [0.25, 0.3) is 0 Å². The summed E-state index contributed by atoms with van der Waals surface area (Å²) in [5.41, 5.74) is 0.779. The second-order valence-corrected chi connectivity index (χ2v) is 4.92. The molecule has 0 aliphatic carbocycles. The van der Waals surface area contributed by atoms with Crippen LogP contribution in [0.5, 0.6) is 11.5 Å². The van der Waals surface area contributed by atoms with Crippen LogP contribution in [0.1, 0.15) is 31.4 Å². The maximum absolute atomic E-state index is 9.72. The third-order valence-corrected chi connectivity index (χ3v) is 3.14. The molecule has 0 saturated heterocycles. The number of fused-ring (bicyclic) bond motifs is 1. The van der Waals surface area contributed by atoms with Crippen molar-refractivity contribution in [2.45, 2.75) is 32.0 Å². The summed E-state index contributed by atoms with van der Waals surface area (Å²) in [5, 5.41) is 19.3. The lowest BCUT2D eigenvalue weighted by Gasteiger charge is -2.13. The number of ether oxygens (including phenoxy) is 3. The van der Waals surface area contributed by atoms with Gasteiger partial charge in [-0.3, -0.25) is 0 Å². The highest BCUT2D eigenvalue weighted by Crippen LogP contribution is 2.34. The van der Waals surface area contributed by atoms with Crippen LogP contribution >= 0.6 is 0 Å². The summed E-state index contributed by atoms with van der Waals surface area (Å²) >= 11 is 0. The van der Waals surface area contributed by atoms with Crippen molar-refractivity contribution in [1.82, 2.24) is 0 Å². The molecule has 0 spiro atoms. The fourth-order valence-electron chi connectivity index (χ4n) is 1.97. The summed E-state index contributed by atoms with van der Waals surface area (Å²) in [6.45, 7) is 3.49. The van der Waals surface area contributed by atoms with Crippen molar-refractivity contribution in [1.29, 1.82) is 0 Å². The van der Waals surface area contributed by atoms with Crippen LogP contribution in [0.2, 0.25) is 0 Å². The highest BCUT2D eigenvalue weighted by atomic mass is 16.5. The molecule has 0 bridgehead atoms. The monoisotopic (exact) mass is 282 g/mol. The molecule has 2 unspecified atom stereocenters. The Morgan fingerprint density at radius 2 is 2.25 bits per heavy atom. The third kappa shape index (κ3) is 4.10. The average Bonchev–Trinajstić information content (AvgIpc) is 2.82. The van der Waals surface area contributed by atoms with E-state index >= 15 is 0 Å². The molecule has 2 atom stereocenters. The van der Waals surface area contributed by atoms with Crippen LogP contribution in [-0.2, 0) is 4.74 Å². The van der Waals surface area contributed by atoms with Gasteiger partial charge in [0.15, 0.2) is 0 Å². The molecule has 0 radical (unpaired) electrons. The number of hydrogen-bond donors (Lipinski definition) is 2. The Balaban J connectivity index is 1.74. The molecule has 0 fully saturated rings. The number of aliphatic hydroxyl groups excluding tert-OH is 2. The molecule has 5 heteroatoms. The molecule has 5 nitrogen and oxygen atoms in total. The van der Waals surface area contributed by atoms with Crippen molar-refractivity contribution in [2.75, 3.05) is 26.4 Å². The molecule has 1 aromatic rings. The third-order valence-electron chi connectivity index (χ3n) is 3.14. The van der Waals surface area contributed by atoms with Crippen molar-refractivity contribution in [3.63, 3.8) is 0 Å². The minimum absolute atomic E-state index is 0.174. The number of benzene rings is 1. The summed E-state index contributed by atoms with van der Waals surface area (Å²) < 4.78 is 16.2. The second kappa shape index (κ2) is 7.47. The summed E-state index contributed by atoms with van der Waals surface area (Å²) in [4.78, 5) is 0. The summed E-state index contributed by atoms with van der Waals surface area (Å²) in [7, 11) is 0. The molecule has 2 N–H and O–H groups in total. The van der Waals surface area contributed by atoms with E-state index in [0.717, 1.165) is 18.4 Å². The standard InChI is InChI=1S/C15H22O5/c1-2-3-6-18-8-11(16)9-19-12-4-5-13-14(17)10-20-15(13)7-12/h4-5,7,11,14,16-17H,2-3,6,8-10H2,1H3. The van der Waals surface area contributed by atoms with E-state index in [-0.39, 0.29) is 19.8 Å². The zero-order valence-electron chi connectivity index (χ0n) is 11.7. The van der Waals surface area contributed by atoms with Crippen molar-refractivity contribution in [3.05, 3.63) is 23.8 Å². The lowest BCUT2D eigenvalue weighted by Crippen LogP contribution is -2.23. The Bertz CT molecular complexity index is 421. The molecular weight excluding hydrogens is 260 g/mol. The first kappa shape index (κ1) is 15.1. The molecule has 112 valence electrons. The normalized spacial score (nSPS) is 18.4. The molecule has 1 aliphatic heterocycles. The van der Waals surface area contributed by atoms with Gasteiger partial charge in [-0.05, 0) is 18.6 Å². The van der Waals surface area contributed by atoms with Crippen LogP contribution in [0.25, 0.3) is 0 Å². The average molecular weight is 282 g/mol. The molecule has 0 aromatic heterocycles. The van der Waals surface area contributed by atoms with E-state index < -0.39 is 12.2 Å². The molecular formula is C15H22O5. The maximum Gasteiger partial charge on any atom is 0.129 e. The van der Waals surface area contributed by atoms with E-state index in [1.807, 2.05) is 0 Å². The van der Waals surface area contributed by atoms with E-state index in [1.165, 1.54) is 0 Å². The topological polar surface area (TPSA) is 68.2 Å². The van der Waals surface area contributed by atoms with E-state index in [0.29, 0.717) is 18.1 Å². The largest absolute Gasteiger partial charge is 0.491 e. The Labute approximate surface area is 119 Å². The molecule has 20 heavy (non-hydrogen) atoms. The highest BCUT2D eigenvalue weighted by molar-refractivity contribution is 5.44. The van der Waals surface area contributed by atoms with Crippen molar-refractivity contribution >= 4 is 0 Å². The van der Waals surface area contributed by atoms with Crippen molar-refractivity contribution in [2.24, 2.45) is 0 Å². The minimum Gasteiger partial charge on any atom is -0.491 e. The molecule has 1 aromatic carbocycles.